The number of benzene rings is 3. The van der Waals surface area contributed by atoms with Gasteiger partial charge in [0.1, 0.15) is 6.54 Å². The van der Waals surface area contributed by atoms with E-state index < -0.39 is 22.5 Å². The normalized spacial score (nSPS) is 11.3. The quantitative estimate of drug-likeness (QED) is 0.409. The Morgan fingerprint density at radius 1 is 0.839 bits per heavy atom. The van der Waals surface area contributed by atoms with Crippen LogP contribution in [0.15, 0.2) is 65.6 Å². The lowest BCUT2D eigenvalue weighted by atomic mass is 10.2. The molecule has 5 nitrogen and oxygen atoms in total. The van der Waals surface area contributed by atoms with E-state index >= 15 is 0 Å². The van der Waals surface area contributed by atoms with E-state index in [-0.39, 0.29) is 25.7 Å². The van der Waals surface area contributed by atoms with Crippen molar-refractivity contribution in [2.45, 2.75) is 11.8 Å². The van der Waals surface area contributed by atoms with Gasteiger partial charge in [0.05, 0.1) is 30.7 Å². The van der Waals surface area contributed by atoms with Gasteiger partial charge in [0.15, 0.2) is 0 Å². The third-order valence-electron chi connectivity index (χ3n) is 4.29. The highest BCUT2D eigenvalue weighted by Gasteiger charge is 2.27. The number of halogens is 4. The molecule has 0 atom stereocenters. The minimum atomic E-state index is -4.08. The van der Waals surface area contributed by atoms with Crippen LogP contribution < -0.4 is 9.62 Å². The molecule has 162 valence electrons. The van der Waals surface area contributed by atoms with Crippen molar-refractivity contribution >= 4 is 73.7 Å². The van der Waals surface area contributed by atoms with Crippen molar-refractivity contribution in [2.24, 2.45) is 0 Å². The van der Waals surface area contributed by atoms with Gasteiger partial charge in [0, 0.05) is 5.69 Å². The van der Waals surface area contributed by atoms with Crippen LogP contribution in [0.1, 0.15) is 5.56 Å². The highest BCUT2D eigenvalue weighted by atomic mass is 35.5. The maximum atomic E-state index is 13.4. The number of nitrogens with zero attached hydrogens (tertiary/aromatic N) is 1. The summed E-state index contributed by atoms with van der Waals surface area (Å²) >= 11 is 23.9. The van der Waals surface area contributed by atoms with Gasteiger partial charge in [0.25, 0.3) is 10.0 Å². The predicted octanol–water partition coefficient (Wildman–Crippen LogP) is 6.44. The molecule has 10 heteroatoms. The van der Waals surface area contributed by atoms with Crippen LogP contribution in [0.4, 0.5) is 11.4 Å². The molecule has 0 aliphatic heterocycles. The van der Waals surface area contributed by atoms with Crippen molar-refractivity contribution in [2.75, 3.05) is 16.2 Å². The lowest BCUT2D eigenvalue weighted by molar-refractivity contribution is -0.114. The van der Waals surface area contributed by atoms with Gasteiger partial charge in [0.2, 0.25) is 5.91 Å². The fourth-order valence-electron chi connectivity index (χ4n) is 2.70. The van der Waals surface area contributed by atoms with Gasteiger partial charge in [-0.1, -0.05) is 64.1 Å². The summed E-state index contributed by atoms with van der Waals surface area (Å²) in [5, 5.41) is 3.63. The zero-order chi connectivity index (χ0) is 22.8. The highest BCUT2D eigenvalue weighted by molar-refractivity contribution is 7.92. The Morgan fingerprint density at radius 2 is 1.42 bits per heavy atom. The Balaban J connectivity index is 1.97. The lowest BCUT2D eigenvalue weighted by Crippen LogP contribution is -2.38. The molecule has 0 spiro atoms. The fraction of sp³-hybridized carbons (Fsp3) is 0.0952. The summed E-state index contributed by atoms with van der Waals surface area (Å²) in [5.41, 5.74) is 1.47. The number of aryl methyl sites for hydroxylation is 1. The zero-order valence-corrected chi connectivity index (χ0v) is 19.9. The summed E-state index contributed by atoms with van der Waals surface area (Å²) in [4.78, 5) is 12.8. The summed E-state index contributed by atoms with van der Waals surface area (Å²) in [6.45, 7) is 1.34. The van der Waals surface area contributed by atoms with E-state index in [4.69, 9.17) is 46.4 Å². The number of amides is 1. The molecular formula is C21H16Cl4N2O3S. The molecular weight excluding hydrogens is 502 g/mol. The van der Waals surface area contributed by atoms with Crippen molar-refractivity contribution in [1.29, 1.82) is 0 Å². The van der Waals surface area contributed by atoms with E-state index in [2.05, 4.69) is 5.32 Å². The van der Waals surface area contributed by atoms with Crippen molar-refractivity contribution in [1.82, 2.24) is 0 Å². The molecule has 1 amide bonds. The molecule has 3 aromatic rings. The van der Waals surface area contributed by atoms with E-state index in [1.165, 1.54) is 42.5 Å². The Bertz CT molecular complexity index is 1230. The molecule has 0 aliphatic carbocycles. The second-order valence-electron chi connectivity index (χ2n) is 6.60. The Kier molecular flexibility index (Phi) is 7.39. The Morgan fingerprint density at radius 3 is 2.00 bits per heavy atom. The van der Waals surface area contributed by atoms with Gasteiger partial charge in [-0.05, 0) is 55.5 Å². The number of sulfonamides is 1. The summed E-state index contributed by atoms with van der Waals surface area (Å²) in [6.07, 6.45) is 0. The fourth-order valence-corrected chi connectivity index (χ4v) is 4.70. The van der Waals surface area contributed by atoms with Crippen LogP contribution in [0.5, 0.6) is 0 Å². The zero-order valence-electron chi connectivity index (χ0n) is 16.1. The first kappa shape index (κ1) is 23.7. The van der Waals surface area contributed by atoms with Crippen molar-refractivity contribution < 1.29 is 13.2 Å². The average Bonchev–Trinajstić information content (AvgIpc) is 2.71. The summed E-state index contributed by atoms with van der Waals surface area (Å²) < 4.78 is 27.7. The van der Waals surface area contributed by atoms with Crippen molar-refractivity contribution in [3.05, 3.63) is 86.3 Å². The first-order chi connectivity index (χ1) is 14.6. The molecule has 3 rings (SSSR count). The third-order valence-corrected chi connectivity index (χ3v) is 7.56. The molecule has 0 heterocycles. The van der Waals surface area contributed by atoms with E-state index in [1.54, 1.807) is 18.2 Å². The molecule has 0 saturated heterocycles. The molecule has 0 aliphatic rings. The van der Waals surface area contributed by atoms with E-state index in [1.807, 2.05) is 6.92 Å². The van der Waals surface area contributed by atoms with Gasteiger partial charge in [-0.15, -0.1) is 0 Å². The molecule has 0 bridgehead atoms. The second kappa shape index (κ2) is 9.67. The Hall–Kier alpha value is -1.96. The molecule has 0 saturated carbocycles. The number of hydrogen-bond donors (Lipinski definition) is 1. The maximum absolute atomic E-state index is 13.4. The summed E-state index contributed by atoms with van der Waals surface area (Å²) in [5.74, 6) is -0.583. The molecule has 0 unspecified atom stereocenters. The van der Waals surface area contributed by atoms with Crippen LogP contribution in [-0.4, -0.2) is 20.9 Å². The van der Waals surface area contributed by atoms with Gasteiger partial charge in [-0.2, -0.15) is 0 Å². The minimum Gasteiger partial charge on any atom is -0.324 e. The van der Waals surface area contributed by atoms with Crippen LogP contribution >= 0.6 is 46.4 Å². The maximum Gasteiger partial charge on any atom is 0.264 e. The molecule has 1 N–H and O–H groups in total. The molecule has 0 radical (unpaired) electrons. The van der Waals surface area contributed by atoms with Crippen LogP contribution in [0.2, 0.25) is 20.1 Å². The van der Waals surface area contributed by atoms with E-state index in [0.29, 0.717) is 10.7 Å². The molecule has 31 heavy (non-hydrogen) atoms. The highest BCUT2D eigenvalue weighted by Crippen LogP contribution is 2.31. The number of rotatable bonds is 6. The summed E-state index contributed by atoms with van der Waals surface area (Å²) in [7, 11) is -4.08. The first-order valence-corrected chi connectivity index (χ1v) is 11.8. The second-order valence-corrected chi connectivity index (χ2v) is 10.1. The van der Waals surface area contributed by atoms with Gasteiger partial charge >= 0.3 is 0 Å². The first-order valence-electron chi connectivity index (χ1n) is 8.87. The number of carbonyl (C=O) groups excluding carboxylic acids is 1. The monoisotopic (exact) mass is 516 g/mol. The standard InChI is InChI=1S/C21H16Cl4N2O3S/c1-13-2-6-16(7-3-13)31(29,30)27(15-5-9-18(23)20(25)11-15)12-21(28)26-14-4-8-17(22)19(24)10-14/h2-11H,12H2,1H3,(H,26,28). The SMILES string of the molecule is Cc1ccc(S(=O)(=O)N(CC(=O)Nc2ccc(Cl)c(Cl)c2)c2ccc(Cl)c(Cl)c2)cc1. The van der Waals surface area contributed by atoms with Gasteiger partial charge in [-0.3, -0.25) is 9.10 Å². The van der Waals surface area contributed by atoms with Crippen LogP contribution in [0.3, 0.4) is 0 Å². The average molecular weight is 518 g/mol. The number of carbonyl (C=O) groups is 1. The van der Waals surface area contributed by atoms with Crippen LogP contribution in [0.25, 0.3) is 0 Å². The Labute approximate surface area is 200 Å². The number of anilines is 2. The smallest absolute Gasteiger partial charge is 0.264 e. The van der Waals surface area contributed by atoms with E-state index in [0.717, 1.165) is 9.87 Å². The van der Waals surface area contributed by atoms with Crippen molar-refractivity contribution in [3.8, 4) is 0 Å². The number of hydrogen-bond acceptors (Lipinski definition) is 3. The molecule has 0 aromatic heterocycles. The molecule has 0 fully saturated rings. The van der Waals surface area contributed by atoms with E-state index in [9.17, 15) is 13.2 Å². The van der Waals surface area contributed by atoms with Crippen LogP contribution in [0, 0.1) is 6.92 Å². The largest absolute Gasteiger partial charge is 0.324 e. The summed E-state index contributed by atoms with van der Waals surface area (Å²) in [6, 6.07) is 15.2. The van der Waals surface area contributed by atoms with Gasteiger partial charge < -0.3 is 5.32 Å². The third kappa shape index (κ3) is 5.64. The van der Waals surface area contributed by atoms with Crippen LogP contribution in [-0.2, 0) is 14.8 Å². The minimum absolute atomic E-state index is 0.0338. The molecule has 3 aromatic carbocycles. The predicted molar refractivity (Wildman–Crippen MR) is 127 cm³/mol. The number of nitrogens with one attached hydrogen (secondary N) is 1. The topological polar surface area (TPSA) is 66.5 Å². The van der Waals surface area contributed by atoms with Gasteiger partial charge in [-0.25, -0.2) is 8.42 Å². The van der Waals surface area contributed by atoms with Crippen molar-refractivity contribution in [3.63, 3.8) is 0 Å². The lowest BCUT2D eigenvalue weighted by Gasteiger charge is -2.24.